The fourth-order valence-corrected chi connectivity index (χ4v) is 7.94. The van der Waals surface area contributed by atoms with Crippen LogP contribution >= 0.6 is 0 Å². The molecule has 7 nitrogen and oxygen atoms in total. The maximum Gasteiger partial charge on any atom is 0.243 e. The fourth-order valence-electron chi connectivity index (χ4n) is 6.23. The molecule has 0 N–H and O–H groups in total. The molecule has 2 saturated heterocycles. The Bertz CT molecular complexity index is 1190. The summed E-state index contributed by atoms with van der Waals surface area (Å²) in [6.07, 6.45) is 1.79. The lowest BCUT2D eigenvalue weighted by Gasteiger charge is -2.47. The summed E-state index contributed by atoms with van der Waals surface area (Å²) in [5, 5.41) is 0. The molecule has 0 amide bonds. The monoisotopic (exact) mass is 471 g/mol. The summed E-state index contributed by atoms with van der Waals surface area (Å²) in [5.41, 5.74) is 1.52. The second-order valence-electron chi connectivity index (χ2n) is 9.97. The zero-order chi connectivity index (χ0) is 23.0. The van der Waals surface area contributed by atoms with Crippen LogP contribution in [0.5, 0.6) is 11.5 Å². The highest BCUT2D eigenvalue weighted by Gasteiger charge is 2.64. The van der Waals surface area contributed by atoms with Gasteiger partial charge in [0.2, 0.25) is 16.8 Å². The van der Waals surface area contributed by atoms with Crippen LogP contribution in [0.4, 0.5) is 0 Å². The molecule has 0 bridgehead atoms. The second-order valence-corrected chi connectivity index (χ2v) is 11.9. The molecule has 1 aliphatic carbocycles. The third-order valence-electron chi connectivity index (χ3n) is 7.64. The van der Waals surface area contributed by atoms with Gasteiger partial charge < -0.3 is 18.9 Å². The van der Waals surface area contributed by atoms with Crippen molar-refractivity contribution in [2.45, 2.75) is 74.4 Å². The van der Waals surface area contributed by atoms with Gasteiger partial charge in [0.15, 0.2) is 17.3 Å². The van der Waals surface area contributed by atoms with Crippen molar-refractivity contribution in [2.75, 3.05) is 13.3 Å². The largest absolute Gasteiger partial charge is 0.454 e. The van der Waals surface area contributed by atoms with Crippen molar-refractivity contribution in [1.29, 1.82) is 0 Å². The fraction of sp³-hybridized carbons (Fsp3) is 0.520. The van der Waals surface area contributed by atoms with Crippen LogP contribution < -0.4 is 9.47 Å². The minimum atomic E-state index is -3.66. The lowest BCUT2D eigenvalue weighted by molar-refractivity contribution is -0.151. The first kappa shape index (κ1) is 21.4. The van der Waals surface area contributed by atoms with Gasteiger partial charge in [-0.25, -0.2) is 8.42 Å². The zero-order valence-corrected chi connectivity index (χ0v) is 19.9. The van der Waals surface area contributed by atoms with Crippen molar-refractivity contribution in [3.05, 3.63) is 53.6 Å². The molecule has 8 heteroatoms. The third-order valence-corrected chi connectivity index (χ3v) is 9.56. The minimum Gasteiger partial charge on any atom is -0.454 e. The topological polar surface area (TPSA) is 74.3 Å². The molecule has 1 saturated carbocycles. The zero-order valence-electron chi connectivity index (χ0n) is 19.1. The summed E-state index contributed by atoms with van der Waals surface area (Å²) in [6, 6.07) is 12.8. The maximum absolute atomic E-state index is 13.8. The van der Waals surface area contributed by atoms with E-state index in [0.717, 1.165) is 17.5 Å². The summed E-state index contributed by atoms with van der Waals surface area (Å²) in [6.45, 7) is 6.45. The Hall–Kier alpha value is -2.13. The van der Waals surface area contributed by atoms with E-state index in [-0.39, 0.29) is 25.0 Å². The molecule has 0 aromatic heterocycles. The number of sulfonamides is 1. The van der Waals surface area contributed by atoms with Crippen molar-refractivity contribution in [2.24, 2.45) is 0 Å². The first-order valence-electron chi connectivity index (χ1n) is 11.5. The highest BCUT2D eigenvalue weighted by atomic mass is 32.2. The maximum atomic E-state index is 13.8. The average Bonchev–Trinajstić information content (AvgIpc) is 3.47. The average molecular weight is 472 g/mol. The highest BCUT2D eigenvalue weighted by Crippen LogP contribution is 2.56. The molecular weight excluding hydrogens is 442 g/mol. The standard InChI is InChI=1S/C25H29NO6S/c1-16-4-7-18(8-5-16)33(27,28)26-13-12-25(17-6-9-19-21(14-17)30-15-29-19)22(26)11-10-20-23(25)32-24(2,3)31-20/h4-9,14,20,22-23H,10-13,15H2,1-3H3/t20-,22+,23-,25-/m0/s1. The van der Waals surface area contributed by atoms with Crippen LogP contribution in [0.25, 0.3) is 0 Å². The van der Waals surface area contributed by atoms with Gasteiger partial charge in [0.05, 0.1) is 17.1 Å². The Morgan fingerprint density at radius 1 is 0.970 bits per heavy atom. The first-order chi connectivity index (χ1) is 15.7. The molecule has 0 radical (unpaired) electrons. The SMILES string of the molecule is Cc1ccc(S(=O)(=O)N2CC[C@@]3(c4ccc5c(c4)OCO5)[C@H]4OC(C)(C)O[C@H]4CC[C@@H]23)cc1. The normalized spacial score (nSPS) is 32.5. The smallest absolute Gasteiger partial charge is 0.243 e. The second kappa shape index (κ2) is 7.18. The van der Waals surface area contributed by atoms with Gasteiger partial charge in [0.25, 0.3) is 0 Å². The highest BCUT2D eigenvalue weighted by molar-refractivity contribution is 7.89. The Morgan fingerprint density at radius 2 is 1.73 bits per heavy atom. The van der Waals surface area contributed by atoms with Gasteiger partial charge in [-0.15, -0.1) is 0 Å². The Morgan fingerprint density at radius 3 is 2.52 bits per heavy atom. The van der Waals surface area contributed by atoms with Crippen molar-refractivity contribution in [1.82, 2.24) is 4.31 Å². The molecule has 176 valence electrons. The van der Waals surface area contributed by atoms with E-state index in [0.29, 0.717) is 35.8 Å². The summed E-state index contributed by atoms with van der Waals surface area (Å²) in [7, 11) is -3.66. The Balaban J connectivity index is 1.47. The van der Waals surface area contributed by atoms with E-state index in [1.54, 1.807) is 16.4 Å². The number of fused-ring (bicyclic) bond motifs is 4. The third kappa shape index (κ3) is 3.15. The van der Waals surface area contributed by atoms with E-state index < -0.39 is 21.2 Å². The quantitative estimate of drug-likeness (QED) is 0.679. The summed E-state index contributed by atoms with van der Waals surface area (Å²) in [4.78, 5) is 0.334. The van der Waals surface area contributed by atoms with E-state index >= 15 is 0 Å². The van der Waals surface area contributed by atoms with Crippen LogP contribution in [0.3, 0.4) is 0 Å². The molecule has 33 heavy (non-hydrogen) atoms. The number of benzene rings is 2. The van der Waals surface area contributed by atoms with Gasteiger partial charge in [-0.3, -0.25) is 0 Å². The van der Waals surface area contributed by atoms with Crippen molar-refractivity contribution in [3.63, 3.8) is 0 Å². The predicted octanol–water partition coefficient (Wildman–Crippen LogP) is 3.74. The molecule has 2 aromatic rings. The van der Waals surface area contributed by atoms with Crippen LogP contribution in [0.1, 0.15) is 44.2 Å². The van der Waals surface area contributed by atoms with Crippen LogP contribution in [-0.2, 0) is 24.9 Å². The molecule has 3 aliphatic heterocycles. The number of rotatable bonds is 3. The van der Waals surface area contributed by atoms with Crippen molar-refractivity contribution < 1.29 is 27.4 Å². The van der Waals surface area contributed by atoms with Crippen LogP contribution in [-0.4, -0.2) is 50.1 Å². The molecule has 0 spiro atoms. The predicted molar refractivity (Wildman–Crippen MR) is 121 cm³/mol. The van der Waals surface area contributed by atoms with E-state index in [1.165, 1.54) is 0 Å². The van der Waals surface area contributed by atoms with Crippen molar-refractivity contribution >= 4 is 10.0 Å². The summed E-state index contributed by atoms with van der Waals surface area (Å²) >= 11 is 0. The molecule has 4 aliphatic rings. The van der Waals surface area contributed by atoms with Gasteiger partial charge >= 0.3 is 0 Å². The van der Waals surface area contributed by atoms with Crippen molar-refractivity contribution in [3.8, 4) is 11.5 Å². The lowest BCUT2D eigenvalue weighted by Crippen LogP contribution is -2.58. The van der Waals surface area contributed by atoms with E-state index in [1.807, 2.05) is 51.1 Å². The first-order valence-corrected chi connectivity index (χ1v) is 13.0. The van der Waals surface area contributed by atoms with Gasteiger partial charge in [0.1, 0.15) is 0 Å². The lowest BCUT2D eigenvalue weighted by atomic mass is 9.63. The van der Waals surface area contributed by atoms with E-state index in [2.05, 4.69) is 0 Å². The molecule has 4 atom stereocenters. The Labute approximate surface area is 194 Å². The summed E-state index contributed by atoms with van der Waals surface area (Å²) < 4.78 is 53.3. The van der Waals surface area contributed by atoms with Crippen LogP contribution in [0.2, 0.25) is 0 Å². The molecule has 6 rings (SSSR count). The number of aryl methyl sites for hydroxylation is 1. The minimum absolute atomic E-state index is 0.0799. The number of hydrogen-bond acceptors (Lipinski definition) is 6. The van der Waals surface area contributed by atoms with E-state index in [4.69, 9.17) is 18.9 Å². The molecular formula is C25H29NO6S. The van der Waals surface area contributed by atoms with Gasteiger partial charge in [-0.2, -0.15) is 4.31 Å². The number of ether oxygens (including phenoxy) is 4. The van der Waals surface area contributed by atoms with Crippen LogP contribution in [0, 0.1) is 6.92 Å². The summed E-state index contributed by atoms with van der Waals surface area (Å²) in [5.74, 6) is 0.697. The molecule has 3 fully saturated rings. The molecule has 2 aromatic carbocycles. The van der Waals surface area contributed by atoms with Gasteiger partial charge in [0, 0.05) is 18.0 Å². The van der Waals surface area contributed by atoms with Crippen LogP contribution in [0.15, 0.2) is 47.4 Å². The van der Waals surface area contributed by atoms with E-state index in [9.17, 15) is 8.42 Å². The number of nitrogens with zero attached hydrogens (tertiary/aromatic N) is 1. The van der Waals surface area contributed by atoms with Gasteiger partial charge in [-0.05, 0) is 69.9 Å². The van der Waals surface area contributed by atoms with Gasteiger partial charge in [-0.1, -0.05) is 23.8 Å². The molecule has 3 heterocycles. The Kier molecular flexibility index (Phi) is 4.66. The molecule has 0 unspecified atom stereocenters. The number of hydrogen-bond donors (Lipinski definition) is 0.